The number of ether oxygens (including phenoxy) is 1. The Hall–Kier alpha value is -3.02. The predicted octanol–water partition coefficient (Wildman–Crippen LogP) is 2.87. The van der Waals surface area contributed by atoms with Crippen molar-refractivity contribution in [1.82, 2.24) is 20.6 Å². The Balaban J connectivity index is 1.50. The highest BCUT2D eigenvalue weighted by molar-refractivity contribution is 5.79. The molecule has 3 rings (SSSR count). The van der Waals surface area contributed by atoms with Crippen molar-refractivity contribution in [3.63, 3.8) is 0 Å². The summed E-state index contributed by atoms with van der Waals surface area (Å²) in [4.78, 5) is 12.2. The van der Waals surface area contributed by atoms with E-state index in [9.17, 15) is 0 Å². The smallest absolute Gasteiger partial charge is 0.191 e. The lowest BCUT2D eigenvalue weighted by molar-refractivity contribution is 0.336. The second-order valence-corrected chi connectivity index (χ2v) is 5.84. The number of para-hydroxylation sites is 3. The maximum Gasteiger partial charge on any atom is 0.191 e. The number of rotatable bonds is 7. The molecule has 1 heterocycles. The number of guanidine groups is 1. The summed E-state index contributed by atoms with van der Waals surface area (Å²) in [6, 6.07) is 16.1. The number of hydrogen-bond acceptors (Lipinski definition) is 3. The molecule has 0 radical (unpaired) electrons. The zero-order valence-electron chi connectivity index (χ0n) is 15.2. The third-order valence-corrected chi connectivity index (χ3v) is 4.04. The molecule has 26 heavy (non-hydrogen) atoms. The van der Waals surface area contributed by atoms with Crippen molar-refractivity contribution in [2.24, 2.45) is 4.99 Å². The minimum Gasteiger partial charge on any atom is -0.494 e. The van der Waals surface area contributed by atoms with Crippen molar-refractivity contribution in [1.29, 1.82) is 0 Å². The first kappa shape index (κ1) is 17.8. The van der Waals surface area contributed by atoms with E-state index in [4.69, 9.17) is 4.74 Å². The van der Waals surface area contributed by atoms with E-state index in [1.54, 1.807) is 7.05 Å². The molecule has 3 aromatic rings. The molecular weight excluding hydrogens is 326 g/mol. The third kappa shape index (κ3) is 4.53. The highest BCUT2D eigenvalue weighted by atomic mass is 16.5. The van der Waals surface area contributed by atoms with E-state index in [2.05, 4.69) is 31.7 Å². The standard InChI is InChI=1S/C20H25N5O/c1-3-26-18-11-7-4-8-15(18)14-23-20(21-2)22-13-12-19-24-16-9-5-6-10-17(16)25-19/h4-11H,3,12-14H2,1-2H3,(H,24,25)(H2,21,22,23). The molecule has 0 bridgehead atoms. The highest BCUT2D eigenvalue weighted by Gasteiger charge is 2.05. The van der Waals surface area contributed by atoms with Crippen LogP contribution in [0.2, 0.25) is 0 Å². The van der Waals surface area contributed by atoms with E-state index < -0.39 is 0 Å². The quantitative estimate of drug-likeness (QED) is 0.452. The molecule has 0 saturated heterocycles. The van der Waals surface area contributed by atoms with Crippen molar-refractivity contribution in [2.75, 3.05) is 20.2 Å². The molecular formula is C20H25N5O. The summed E-state index contributed by atoms with van der Waals surface area (Å²) in [5.41, 5.74) is 3.17. The van der Waals surface area contributed by atoms with E-state index in [1.807, 2.05) is 49.4 Å². The largest absolute Gasteiger partial charge is 0.494 e. The Bertz CT molecular complexity index is 838. The van der Waals surface area contributed by atoms with Crippen LogP contribution >= 0.6 is 0 Å². The van der Waals surface area contributed by atoms with Crippen molar-refractivity contribution in [3.8, 4) is 5.75 Å². The normalized spacial score (nSPS) is 11.5. The molecule has 0 aliphatic carbocycles. The molecule has 136 valence electrons. The minimum absolute atomic E-state index is 0.653. The Labute approximate surface area is 153 Å². The molecule has 0 saturated carbocycles. The topological polar surface area (TPSA) is 74.3 Å². The molecule has 0 atom stereocenters. The van der Waals surface area contributed by atoms with Gasteiger partial charge in [0, 0.05) is 32.1 Å². The van der Waals surface area contributed by atoms with Gasteiger partial charge in [-0.05, 0) is 25.1 Å². The number of nitrogens with one attached hydrogen (secondary N) is 3. The molecule has 0 spiro atoms. The van der Waals surface area contributed by atoms with E-state index >= 15 is 0 Å². The van der Waals surface area contributed by atoms with Gasteiger partial charge in [-0.3, -0.25) is 4.99 Å². The first-order valence-corrected chi connectivity index (χ1v) is 8.89. The van der Waals surface area contributed by atoms with Gasteiger partial charge < -0.3 is 20.4 Å². The SMILES string of the molecule is CCOc1ccccc1CNC(=NC)NCCc1nc2ccccc2[nH]1. The second kappa shape index (κ2) is 8.89. The maximum atomic E-state index is 5.66. The molecule has 0 unspecified atom stereocenters. The lowest BCUT2D eigenvalue weighted by Crippen LogP contribution is -2.38. The number of aromatic nitrogens is 2. The summed E-state index contributed by atoms with van der Waals surface area (Å²) in [6.07, 6.45) is 0.797. The van der Waals surface area contributed by atoms with Gasteiger partial charge in [-0.1, -0.05) is 30.3 Å². The molecule has 1 aromatic heterocycles. The van der Waals surface area contributed by atoms with Gasteiger partial charge in [0.05, 0.1) is 17.6 Å². The summed E-state index contributed by atoms with van der Waals surface area (Å²) in [5, 5.41) is 6.65. The Morgan fingerprint density at radius 3 is 2.73 bits per heavy atom. The summed E-state index contributed by atoms with van der Waals surface area (Å²) in [5.74, 6) is 2.63. The van der Waals surface area contributed by atoms with Crippen molar-refractivity contribution in [3.05, 3.63) is 59.9 Å². The van der Waals surface area contributed by atoms with Crippen LogP contribution in [0.3, 0.4) is 0 Å². The van der Waals surface area contributed by atoms with Crippen LogP contribution in [0.5, 0.6) is 5.75 Å². The van der Waals surface area contributed by atoms with Crippen molar-refractivity contribution >= 4 is 17.0 Å². The Morgan fingerprint density at radius 1 is 1.12 bits per heavy atom. The summed E-state index contributed by atoms with van der Waals surface area (Å²) < 4.78 is 5.66. The lowest BCUT2D eigenvalue weighted by atomic mass is 10.2. The molecule has 2 aromatic carbocycles. The van der Waals surface area contributed by atoms with Crippen LogP contribution in [0, 0.1) is 0 Å². The Kier molecular flexibility index (Phi) is 6.09. The number of imidazole rings is 1. The molecule has 6 heteroatoms. The van der Waals surface area contributed by atoms with E-state index in [0.29, 0.717) is 13.2 Å². The van der Waals surface area contributed by atoms with Crippen LogP contribution in [0.25, 0.3) is 11.0 Å². The van der Waals surface area contributed by atoms with Crippen molar-refractivity contribution in [2.45, 2.75) is 19.9 Å². The van der Waals surface area contributed by atoms with Crippen LogP contribution < -0.4 is 15.4 Å². The number of hydrogen-bond donors (Lipinski definition) is 3. The number of benzene rings is 2. The van der Waals surface area contributed by atoms with E-state index in [0.717, 1.165) is 47.1 Å². The van der Waals surface area contributed by atoms with Crippen LogP contribution in [-0.2, 0) is 13.0 Å². The summed E-state index contributed by atoms with van der Waals surface area (Å²) >= 11 is 0. The van der Waals surface area contributed by atoms with Crippen LogP contribution in [0.15, 0.2) is 53.5 Å². The van der Waals surface area contributed by atoms with Gasteiger partial charge >= 0.3 is 0 Å². The molecule has 0 amide bonds. The van der Waals surface area contributed by atoms with E-state index in [1.165, 1.54) is 0 Å². The number of aliphatic imine (C=N–C) groups is 1. The first-order chi connectivity index (χ1) is 12.8. The van der Waals surface area contributed by atoms with Gasteiger partial charge in [0.25, 0.3) is 0 Å². The fourth-order valence-corrected chi connectivity index (χ4v) is 2.77. The van der Waals surface area contributed by atoms with Gasteiger partial charge in [0.1, 0.15) is 11.6 Å². The average molecular weight is 351 g/mol. The highest BCUT2D eigenvalue weighted by Crippen LogP contribution is 2.17. The molecule has 6 nitrogen and oxygen atoms in total. The number of aromatic amines is 1. The van der Waals surface area contributed by atoms with E-state index in [-0.39, 0.29) is 0 Å². The monoisotopic (exact) mass is 351 g/mol. The molecule has 3 N–H and O–H groups in total. The van der Waals surface area contributed by atoms with Gasteiger partial charge in [-0.2, -0.15) is 0 Å². The molecule has 0 aliphatic rings. The third-order valence-electron chi connectivity index (χ3n) is 4.04. The zero-order valence-corrected chi connectivity index (χ0v) is 15.2. The molecule has 0 aliphatic heterocycles. The molecule has 0 fully saturated rings. The van der Waals surface area contributed by atoms with Crippen LogP contribution in [0.1, 0.15) is 18.3 Å². The second-order valence-electron chi connectivity index (χ2n) is 5.84. The average Bonchev–Trinajstić information content (AvgIpc) is 3.08. The number of nitrogens with zero attached hydrogens (tertiary/aromatic N) is 2. The summed E-state index contributed by atoms with van der Waals surface area (Å²) in [7, 11) is 1.77. The maximum absolute atomic E-state index is 5.66. The van der Waals surface area contributed by atoms with Gasteiger partial charge in [-0.25, -0.2) is 4.98 Å². The fourth-order valence-electron chi connectivity index (χ4n) is 2.77. The summed E-state index contributed by atoms with van der Waals surface area (Å²) in [6.45, 7) is 4.04. The minimum atomic E-state index is 0.653. The van der Waals surface area contributed by atoms with Crippen LogP contribution in [0.4, 0.5) is 0 Å². The Morgan fingerprint density at radius 2 is 1.92 bits per heavy atom. The van der Waals surface area contributed by atoms with Crippen LogP contribution in [-0.4, -0.2) is 36.1 Å². The fraction of sp³-hybridized carbons (Fsp3) is 0.300. The van der Waals surface area contributed by atoms with Crippen molar-refractivity contribution < 1.29 is 4.74 Å². The number of H-pyrrole nitrogens is 1. The number of fused-ring (bicyclic) bond motifs is 1. The lowest BCUT2D eigenvalue weighted by Gasteiger charge is -2.14. The zero-order chi connectivity index (χ0) is 18.2. The first-order valence-electron chi connectivity index (χ1n) is 8.89. The van der Waals surface area contributed by atoms with Gasteiger partial charge in [-0.15, -0.1) is 0 Å². The van der Waals surface area contributed by atoms with Gasteiger partial charge in [0.15, 0.2) is 5.96 Å². The predicted molar refractivity (Wildman–Crippen MR) is 106 cm³/mol. The van der Waals surface area contributed by atoms with Gasteiger partial charge in [0.2, 0.25) is 0 Å².